The van der Waals surface area contributed by atoms with E-state index in [4.69, 9.17) is 4.98 Å². The fraction of sp³-hybridized carbons (Fsp3) is 0.500. The Labute approximate surface area is 154 Å². The van der Waals surface area contributed by atoms with Crippen LogP contribution in [0.25, 0.3) is 0 Å². The number of nitrogens with one attached hydrogen (secondary N) is 1. The first-order chi connectivity index (χ1) is 11.7. The number of hydrogen-bond donors (Lipinski definition) is 1. The SMILES string of the molecule is Cc1cc(N2CCc3ccsc3C2)nc(C)c1NC(=O)CC(C)(C)C. The van der Waals surface area contributed by atoms with Gasteiger partial charge in [-0.1, -0.05) is 20.8 Å². The van der Waals surface area contributed by atoms with E-state index in [-0.39, 0.29) is 11.3 Å². The Bertz CT molecular complexity index is 765. The molecule has 2 aromatic rings. The summed E-state index contributed by atoms with van der Waals surface area (Å²) in [5, 5.41) is 5.23. The molecule has 1 amide bonds. The molecule has 0 aromatic carbocycles. The lowest BCUT2D eigenvalue weighted by Crippen LogP contribution is -2.30. The molecule has 3 rings (SSSR count). The lowest BCUT2D eigenvalue weighted by molar-refractivity contribution is -0.117. The number of anilines is 2. The van der Waals surface area contributed by atoms with E-state index < -0.39 is 0 Å². The Hall–Kier alpha value is -1.88. The van der Waals surface area contributed by atoms with Crippen LogP contribution in [0.15, 0.2) is 17.5 Å². The average Bonchev–Trinajstić information content (AvgIpc) is 2.96. The smallest absolute Gasteiger partial charge is 0.224 e. The van der Waals surface area contributed by atoms with Gasteiger partial charge in [0.25, 0.3) is 0 Å². The lowest BCUT2D eigenvalue weighted by atomic mass is 9.92. The van der Waals surface area contributed by atoms with Gasteiger partial charge in [-0.3, -0.25) is 4.79 Å². The largest absolute Gasteiger partial charge is 0.351 e. The fourth-order valence-electron chi connectivity index (χ4n) is 3.26. The number of hydrogen-bond acceptors (Lipinski definition) is 4. The highest BCUT2D eigenvalue weighted by Gasteiger charge is 2.21. The van der Waals surface area contributed by atoms with Gasteiger partial charge in [0.05, 0.1) is 17.9 Å². The van der Waals surface area contributed by atoms with Crippen molar-refractivity contribution in [2.75, 3.05) is 16.8 Å². The van der Waals surface area contributed by atoms with Crippen molar-refractivity contribution in [3.8, 4) is 0 Å². The van der Waals surface area contributed by atoms with Crippen LogP contribution in [-0.4, -0.2) is 17.4 Å². The zero-order valence-electron chi connectivity index (χ0n) is 15.8. The maximum atomic E-state index is 12.3. The van der Waals surface area contributed by atoms with E-state index in [2.05, 4.69) is 48.5 Å². The van der Waals surface area contributed by atoms with Crippen LogP contribution in [0.3, 0.4) is 0 Å². The normalized spacial score (nSPS) is 14.4. The summed E-state index contributed by atoms with van der Waals surface area (Å²) >= 11 is 1.82. The minimum Gasteiger partial charge on any atom is -0.351 e. The first-order valence-electron chi connectivity index (χ1n) is 8.81. The zero-order chi connectivity index (χ0) is 18.2. The van der Waals surface area contributed by atoms with Crippen molar-refractivity contribution in [2.45, 2.75) is 54.0 Å². The second-order valence-corrected chi connectivity index (χ2v) is 9.08. The Morgan fingerprint density at radius 2 is 2.12 bits per heavy atom. The molecule has 0 atom stereocenters. The number of nitrogens with zero attached hydrogens (tertiary/aromatic N) is 2. The Kier molecular flexibility index (Phi) is 4.87. The highest BCUT2D eigenvalue weighted by Crippen LogP contribution is 2.30. The molecule has 0 saturated carbocycles. The summed E-state index contributed by atoms with van der Waals surface area (Å²) < 4.78 is 0. The van der Waals surface area contributed by atoms with E-state index >= 15 is 0 Å². The first kappa shape index (κ1) is 17.9. The molecular formula is C20H27N3OS. The number of pyridine rings is 1. The van der Waals surface area contributed by atoms with Crippen molar-refractivity contribution in [3.05, 3.63) is 39.2 Å². The average molecular weight is 358 g/mol. The summed E-state index contributed by atoms with van der Waals surface area (Å²) in [6.07, 6.45) is 1.57. The summed E-state index contributed by atoms with van der Waals surface area (Å²) in [7, 11) is 0. The molecule has 0 fully saturated rings. The molecule has 0 radical (unpaired) electrons. The molecule has 0 spiro atoms. The monoisotopic (exact) mass is 357 g/mol. The topological polar surface area (TPSA) is 45.2 Å². The molecule has 2 aromatic heterocycles. The first-order valence-corrected chi connectivity index (χ1v) is 9.69. The Morgan fingerprint density at radius 1 is 1.36 bits per heavy atom. The van der Waals surface area contributed by atoms with Crippen LogP contribution in [-0.2, 0) is 17.8 Å². The van der Waals surface area contributed by atoms with Gasteiger partial charge in [0.2, 0.25) is 5.91 Å². The predicted molar refractivity (Wildman–Crippen MR) is 105 cm³/mol. The number of fused-ring (bicyclic) bond motifs is 1. The number of rotatable bonds is 3. The van der Waals surface area contributed by atoms with Crippen LogP contribution in [0.5, 0.6) is 0 Å². The number of carbonyl (C=O) groups is 1. The van der Waals surface area contributed by atoms with Gasteiger partial charge in [0.15, 0.2) is 0 Å². The van der Waals surface area contributed by atoms with Crippen molar-refractivity contribution in [1.29, 1.82) is 0 Å². The third-order valence-corrected chi connectivity index (χ3v) is 5.43. The van der Waals surface area contributed by atoms with Crippen molar-refractivity contribution in [3.63, 3.8) is 0 Å². The molecule has 0 saturated heterocycles. The molecule has 25 heavy (non-hydrogen) atoms. The molecule has 0 aliphatic carbocycles. The summed E-state index contributed by atoms with van der Waals surface area (Å²) in [6.45, 7) is 12.2. The summed E-state index contributed by atoms with van der Waals surface area (Å²) in [6, 6.07) is 4.33. The zero-order valence-corrected chi connectivity index (χ0v) is 16.6. The van der Waals surface area contributed by atoms with Gasteiger partial charge in [0.1, 0.15) is 5.82 Å². The van der Waals surface area contributed by atoms with Crippen LogP contribution >= 0.6 is 11.3 Å². The van der Waals surface area contributed by atoms with Crippen LogP contribution in [0.1, 0.15) is 48.9 Å². The van der Waals surface area contributed by atoms with E-state index in [0.717, 1.165) is 42.3 Å². The lowest BCUT2D eigenvalue weighted by Gasteiger charge is -2.29. The van der Waals surface area contributed by atoms with E-state index in [1.54, 1.807) is 0 Å². The predicted octanol–water partition coefficient (Wildman–Crippen LogP) is 4.70. The van der Waals surface area contributed by atoms with Gasteiger partial charge in [-0.05, 0) is 54.3 Å². The van der Waals surface area contributed by atoms with E-state index in [1.165, 1.54) is 10.4 Å². The standard InChI is InChI=1S/C20H27N3OS/c1-13-10-17(23-8-6-15-7-9-25-16(15)12-23)21-14(2)19(13)22-18(24)11-20(3,4)5/h7,9-10H,6,8,11-12H2,1-5H3,(H,22,24). The van der Waals surface area contributed by atoms with Crippen LogP contribution in [0, 0.1) is 19.3 Å². The van der Waals surface area contributed by atoms with Gasteiger partial charge in [-0.25, -0.2) is 4.98 Å². The van der Waals surface area contributed by atoms with E-state index in [0.29, 0.717) is 6.42 Å². The van der Waals surface area contributed by atoms with Crippen molar-refractivity contribution >= 4 is 28.7 Å². The summed E-state index contributed by atoms with van der Waals surface area (Å²) in [5.74, 6) is 1.05. The van der Waals surface area contributed by atoms with Crippen LogP contribution in [0.2, 0.25) is 0 Å². The highest BCUT2D eigenvalue weighted by molar-refractivity contribution is 7.10. The molecule has 1 N–H and O–H groups in total. The number of carbonyl (C=O) groups excluding carboxylic acids is 1. The number of aromatic nitrogens is 1. The van der Waals surface area contributed by atoms with E-state index in [1.807, 2.05) is 25.2 Å². The molecule has 1 aliphatic heterocycles. The molecule has 1 aliphatic rings. The van der Waals surface area contributed by atoms with Crippen LogP contribution < -0.4 is 10.2 Å². The second kappa shape index (κ2) is 6.79. The van der Waals surface area contributed by atoms with Gasteiger partial charge in [-0.15, -0.1) is 11.3 Å². The molecule has 4 nitrogen and oxygen atoms in total. The molecule has 3 heterocycles. The minimum absolute atomic E-state index is 0.0223. The fourth-order valence-corrected chi connectivity index (χ4v) is 4.21. The quantitative estimate of drug-likeness (QED) is 0.866. The van der Waals surface area contributed by atoms with Crippen molar-refractivity contribution in [2.24, 2.45) is 5.41 Å². The van der Waals surface area contributed by atoms with Gasteiger partial charge in [-0.2, -0.15) is 0 Å². The van der Waals surface area contributed by atoms with Gasteiger partial charge in [0, 0.05) is 17.8 Å². The molecule has 0 unspecified atom stereocenters. The number of amides is 1. The maximum absolute atomic E-state index is 12.3. The molecule has 0 bridgehead atoms. The number of aryl methyl sites for hydroxylation is 2. The third kappa shape index (κ3) is 4.21. The van der Waals surface area contributed by atoms with Crippen LogP contribution in [0.4, 0.5) is 11.5 Å². The third-order valence-electron chi connectivity index (χ3n) is 4.49. The molecule has 5 heteroatoms. The molecule has 134 valence electrons. The van der Waals surface area contributed by atoms with Crippen molar-refractivity contribution in [1.82, 2.24) is 4.98 Å². The summed E-state index contributed by atoms with van der Waals surface area (Å²) in [5.41, 5.74) is 4.26. The minimum atomic E-state index is -0.0223. The highest BCUT2D eigenvalue weighted by atomic mass is 32.1. The second-order valence-electron chi connectivity index (χ2n) is 8.08. The Morgan fingerprint density at radius 3 is 2.80 bits per heavy atom. The van der Waals surface area contributed by atoms with Gasteiger partial charge >= 0.3 is 0 Å². The van der Waals surface area contributed by atoms with Gasteiger partial charge < -0.3 is 10.2 Å². The summed E-state index contributed by atoms with van der Waals surface area (Å²) in [4.78, 5) is 20.8. The van der Waals surface area contributed by atoms with Crippen molar-refractivity contribution < 1.29 is 4.79 Å². The molecular weight excluding hydrogens is 330 g/mol. The number of thiophene rings is 1. The maximum Gasteiger partial charge on any atom is 0.224 e. The van der Waals surface area contributed by atoms with E-state index in [9.17, 15) is 4.79 Å². The Balaban J connectivity index is 1.78.